The third-order valence-electron chi connectivity index (χ3n) is 1.92. The van der Waals surface area contributed by atoms with E-state index in [1.165, 1.54) is 6.08 Å². The van der Waals surface area contributed by atoms with Crippen molar-refractivity contribution in [2.75, 3.05) is 13.2 Å². The van der Waals surface area contributed by atoms with Gasteiger partial charge in [-0.3, -0.25) is 4.79 Å². The van der Waals surface area contributed by atoms with E-state index in [1.54, 1.807) is 37.3 Å². The number of carbonyl (C=O) groups excluding carboxylic acids is 2. The Kier molecular flexibility index (Phi) is 5.51. The molecule has 0 saturated heterocycles. The van der Waals surface area contributed by atoms with Crippen LogP contribution in [0.2, 0.25) is 0 Å². The first-order valence-electron chi connectivity index (χ1n) is 5.28. The second-order valence-electron chi connectivity index (χ2n) is 3.12. The fourth-order valence-corrected chi connectivity index (χ4v) is 1.18. The zero-order valence-electron chi connectivity index (χ0n) is 9.59. The van der Waals surface area contributed by atoms with Crippen LogP contribution < -0.4 is 4.74 Å². The topological polar surface area (TPSA) is 52.6 Å². The van der Waals surface area contributed by atoms with Gasteiger partial charge in [0.05, 0.1) is 12.2 Å². The van der Waals surface area contributed by atoms with Gasteiger partial charge < -0.3 is 9.47 Å². The highest BCUT2D eigenvalue weighted by atomic mass is 16.5. The SMILES string of the molecule is CCOC(=O)/C=C/COc1ccccc1C=O. The highest BCUT2D eigenvalue weighted by Crippen LogP contribution is 2.15. The number of rotatable bonds is 6. The van der Waals surface area contributed by atoms with Gasteiger partial charge in [0.15, 0.2) is 6.29 Å². The van der Waals surface area contributed by atoms with Crippen LogP contribution in [0.25, 0.3) is 0 Å². The van der Waals surface area contributed by atoms with E-state index in [2.05, 4.69) is 0 Å². The van der Waals surface area contributed by atoms with E-state index < -0.39 is 5.97 Å². The fraction of sp³-hybridized carbons (Fsp3) is 0.231. The largest absolute Gasteiger partial charge is 0.489 e. The Hall–Kier alpha value is -2.10. The maximum Gasteiger partial charge on any atom is 0.330 e. The molecule has 1 rings (SSSR count). The van der Waals surface area contributed by atoms with E-state index in [0.717, 1.165) is 6.29 Å². The molecular weight excluding hydrogens is 220 g/mol. The smallest absolute Gasteiger partial charge is 0.330 e. The summed E-state index contributed by atoms with van der Waals surface area (Å²) < 4.78 is 10.0. The number of aldehydes is 1. The van der Waals surface area contributed by atoms with E-state index in [1.807, 2.05) is 0 Å². The molecule has 0 N–H and O–H groups in total. The quantitative estimate of drug-likeness (QED) is 0.429. The van der Waals surface area contributed by atoms with E-state index in [0.29, 0.717) is 17.9 Å². The van der Waals surface area contributed by atoms with Crippen molar-refractivity contribution in [2.24, 2.45) is 0 Å². The van der Waals surface area contributed by atoms with Crippen molar-refractivity contribution >= 4 is 12.3 Å². The van der Waals surface area contributed by atoms with Crippen LogP contribution in [-0.2, 0) is 9.53 Å². The number of carbonyl (C=O) groups is 2. The molecule has 0 spiro atoms. The molecule has 0 radical (unpaired) electrons. The zero-order chi connectivity index (χ0) is 12.5. The Labute approximate surface area is 99.8 Å². The van der Waals surface area contributed by atoms with Gasteiger partial charge in [-0.25, -0.2) is 4.79 Å². The van der Waals surface area contributed by atoms with Gasteiger partial charge in [-0.15, -0.1) is 0 Å². The van der Waals surface area contributed by atoms with Crippen LogP contribution in [0.1, 0.15) is 17.3 Å². The second kappa shape index (κ2) is 7.22. The van der Waals surface area contributed by atoms with E-state index in [-0.39, 0.29) is 6.61 Å². The molecule has 90 valence electrons. The Balaban J connectivity index is 2.45. The average molecular weight is 234 g/mol. The Morgan fingerprint density at radius 2 is 2.12 bits per heavy atom. The van der Waals surface area contributed by atoms with E-state index in [4.69, 9.17) is 9.47 Å². The predicted octanol–water partition coefficient (Wildman–Crippen LogP) is 2.00. The average Bonchev–Trinajstić information content (AvgIpc) is 2.35. The Morgan fingerprint density at radius 1 is 1.35 bits per heavy atom. The van der Waals surface area contributed by atoms with Gasteiger partial charge in [-0.05, 0) is 25.1 Å². The minimum Gasteiger partial charge on any atom is -0.489 e. The number of para-hydroxylation sites is 1. The Morgan fingerprint density at radius 3 is 2.82 bits per heavy atom. The van der Waals surface area contributed by atoms with Gasteiger partial charge in [0.25, 0.3) is 0 Å². The van der Waals surface area contributed by atoms with Crippen molar-refractivity contribution in [3.05, 3.63) is 42.0 Å². The van der Waals surface area contributed by atoms with Gasteiger partial charge in [0, 0.05) is 6.08 Å². The van der Waals surface area contributed by atoms with Crippen molar-refractivity contribution < 1.29 is 19.1 Å². The molecule has 4 nitrogen and oxygen atoms in total. The molecule has 0 amide bonds. The van der Waals surface area contributed by atoms with Crippen LogP contribution in [0.4, 0.5) is 0 Å². The molecule has 0 aliphatic carbocycles. The standard InChI is InChI=1S/C13H14O4/c1-2-16-13(15)8-5-9-17-12-7-4-3-6-11(12)10-14/h3-8,10H,2,9H2,1H3/b8-5+. The third-order valence-corrected chi connectivity index (χ3v) is 1.92. The van der Waals surface area contributed by atoms with Gasteiger partial charge in [0.2, 0.25) is 0 Å². The molecule has 4 heteroatoms. The Bertz CT molecular complexity index is 410. The first kappa shape index (κ1) is 13.0. The highest BCUT2D eigenvalue weighted by Gasteiger charge is 1.99. The number of ether oxygens (including phenoxy) is 2. The first-order chi connectivity index (χ1) is 8.27. The summed E-state index contributed by atoms with van der Waals surface area (Å²) in [5.74, 6) is 0.0933. The van der Waals surface area contributed by atoms with Gasteiger partial charge in [-0.2, -0.15) is 0 Å². The van der Waals surface area contributed by atoms with Crippen molar-refractivity contribution in [1.82, 2.24) is 0 Å². The van der Waals surface area contributed by atoms with Crippen LogP contribution in [0.5, 0.6) is 5.75 Å². The van der Waals surface area contributed by atoms with Crippen molar-refractivity contribution in [3.8, 4) is 5.75 Å². The van der Waals surface area contributed by atoms with Crippen LogP contribution in [0.15, 0.2) is 36.4 Å². The molecule has 0 aromatic heterocycles. The summed E-state index contributed by atoms with van der Waals surface area (Å²) in [7, 11) is 0. The summed E-state index contributed by atoms with van der Waals surface area (Å²) in [5, 5.41) is 0. The lowest BCUT2D eigenvalue weighted by atomic mass is 10.2. The lowest BCUT2D eigenvalue weighted by Gasteiger charge is -2.04. The maximum atomic E-state index is 11.0. The molecule has 1 aromatic rings. The molecule has 17 heavy (non-hydrogen) atoms. The molecule has 0 saturated carbocycles. The van der Waals surface area contributed by atoms with E-state index in [9.17, 15) is 9.59 Å². The number of esters is 1. The maximum absolute atomic E-state index is 11.0. The summed E-state index contributed by atoms with van der Waals surface area (Å²) in [6.07, 6.45) is 3.57. The van der Waals surface area contributed by atoms with Gasteiger partial charge >= 0.3 is 5.97 Å². The molecule has 0 bridgehead atoms. The third kappa shape index (κ3) is 4.51. The first-order valence-corrected chi connectivity index (χ1v) is 5.28. The van der Waals surface area contributed by atoms with Gasteiger partial charge in [0.1, 0.15) is 12.4 Å². The predicted molar refractivity (Wildman–Crippen MR) is 63.1 cm³/mol. The van der Waals surface area contributed by atoms with E-state index >= 15 is 0 Å². The second-order valence-corrected chi connectivity index (χ2v) is 3.12. The molecule has 0 unspecified atom stereocenters. The summed E-state index contributed by atoms with van der Waals surface area (Å²) in [6.45, 7) is 2.30. The van der Waals surface area contributed by atoms with Crippen LogP contribution in [-0.4, -0.2) is 25.5 Å². The van der Waals surface area contributed by atoms with Crippen molar-refractivity contribution in [1.29, 1.82) is 0 Å². The monoisotopic (exact) mass is 234 g/mol. The summed E-state index contributed by atoms with van der Waals surface area (Å²) in [5.41, 5.74) is 0.483. The number of hydrogen-bond donors (Lipinski definition) is 0. The van der Waals surface area contributed by atoms with Gasteiger partial charge in [-0.1, -0.05) is 12.1 Å². The van der Waals surface area contributed by atoms with Crippen molar-refractivity contribution in [2.45, 2.75) is 6.92 Å². The molecular formula is C13H14O4. The molecule has 1 aromatic carbocycles. The molecule has 0 fully saturated rings. The van der Waals surface area contributed by atoms with Crippen LogP contribution in [0, 0.1) is 0 Å². The minimum absolute atomic E-state index is 0.212. The van der Waals surface area contributed by atoms with Crippen molar-refractivity contribution in [3.63, 3.8) is 0 Å². The highest BCUT2D eigenvalue weighted by molar-refractivity contribution is 5.82. The minimum atomic E-state index is -0.403. The molecule has 0 aliphatic heterocycles. The lowest BCUT2D eigenvalue weighted by Crippen LogP contribution is -2.01. The summed E-state index contributed by atoms with van der Waals surface area (Å²) in [6, 6.07) is 6.89. The molecule has 0 heterocycles. The summed E-state index contributed by atoms with van der Waals surface area (Å²) >= 11 is 0. The van der Waals surface area contributed by atoms with Crippen LogP contribution in [0.3, 0.4) is 0 Å². The lowest BCUT2D eigenvalue weighted by molar-refractivity contribution is -0.137. The zero-order valence-corrected chi connectivity index (χ0v) is 9.59. The number of hydrogen-bond acceptors (Lipinski definition) is 4. The fourth-order valence-electron chi connectivity index (χ4n) is 1.18. The normalized spacial score (nSPS) is 10.2. The number of benzene rings is 1. The van der Waals surface area contributed by atoms with Crippen LogP contribution >= 0.6 is 0 Å². The molecule has 0 atom stereocenters. The molecule has 0 aliphatic rings. The summed E-state index contributed by atoms with van der Waals surface area (Å²) in [4.78, 5) is 21.6.